The highest BCUT2D eigenvalue weighted by Gasteiger charge is 2.32. The van der Waals surface area contributed by atoms with E-state index in [0.717, 1.165) is 0 Å². The van der Waals surface area contributed by atoms with Crippen molar-refractivity contribution < 1.29 is 19.1 Å². The second-order valence-corrected chi connectivity index (χ2v) is 4.54. The van der Waals surface area contributed by atoms with Crippen molar-refractivity contribution in [1.82, 2.24) is 0 Å². The van der Waals surface area contributed by atoms with Crippen LogP contribution in [-0.4, -0.2) is 30.9 Å². The monoisotopic (exact) mass is 276 g/mol. The Morgan fingerprint density at radius 2 is 2.10 bits per heavy atom. The van der Waals surface area contributed by atoms with Gasteiger partial charge in [0.05, 0.1) is 23.9 Å². The Hall–Kier alpha value is -2.37. The summed E-state index contributed by atoms with van der Waals surface area (Å²) in [4.78, 5) is 37.0. The van der Waals surface area contributed by atoms with Crippen LogP contribution in [0.5, 0.6) is 0 Å². The molecule has 1 aliphatic heterocycles. The minimum absolute atomic E-state index is 0.132. The maximum Gasteiger partial charge on any atom is 0.397 e. The molecule has 1 N–H and O–H groups in total. The Kier molecular flexibility index (Phi) is 4.02. The highest BCUT2D eigenvalue weighted by atomic mass is 16.5. The number of nitrogens with zero attached hydrogens (tertiary/aromatic N) is 1. The third-order valence-corrected chi connectivity index (χ3v) is 3.05. The van der Waals surface area contributed by atoms with Gasteiger partial charge in [0.15, 0.2) is 0 Å². The molecule has 0 bridgehead atoms. The lowest BCUT2D eigenvalue weighted by molar-refractivity contribution is -0.153. The summed E-state index contributed by atoms with van der Waals surface area (Å²) in [7, 11) is 0. The van der Waals surface area contributed by atoms with Gasteiger partial charge in [-0.1, -0.05) is 19.1 Å². The van der Waals surface area contributed by atoms with Crippen LogP contribution in [0.25, 0.3) is 0 Å². The third-order valence-electron chi connectivity index (χ3n) is 3.05. The average Bonchev–Trinajstić information content (AvgIpc) is 2.56. The molecule has 20 heavy (non-hydrogen) atoms. The number of ether oxygens (including phenoxy) is 1. The molecule has 0 spiro atoms. The van der Waals surface area contributed by atoms with Gasteiger partial charge in [-0.05, 0) is 19.1 Å². The number of para-hydroxylation sites is 2. The van der Waals surface area contributed by atoms with Gasteiger partial charge in [-0.15, -0.1) is 0 Å². The smallest absolute Gasteiger partial charge is 0.397 e. The summed E-state index contributed by atoms with van der Waals surface area (Å²) in [6.07, 6.45) is 0. The standard InChI is InChI=1S/C14H16N2O4/c1-3-20-14(19)13(18)16-8-9(2)12(17)15-10-6-4-5-7-11(10)16/h4-7,9H,3,8H2,1-2H3,(H,15,17). The van der Waals surface area contributed by atoms with Crippen LogP contribution in [0.15, 0.2) is 24.3 Å². The summed E-state index contributed by atoms with van der Waals surface area (Å²) in [6, 6.07) is 6.87. The molecular weight excluding hydrogens is 260 g/mol. The molecule has 2 amide bonds. The van der Waals surface area contributed by atoms with Gasteiger partial charge in [0, 0.05) is 6.54 Å². The van der Waals surface area contributed by atoms with Gasteiger partial charge < -0.3 is 10.1 Å². The Bertz CT molecular complexity index is 556. The summed E-state index contributed by atoms with van der Waals surface area (Å²) in [5, 5.41) is 2.74. The van der Waals surface area contributed by atoms with Crippen molar-refractivity contribution >= 4 is 29.2 Å². The molecule has 0 radical (unpaired) electrons. The van der Waals surface area contributed by atoms with E-state index in [9.17, 15) is 14.4 Å². The number of rotatable bonds is 1. The maximum absolute atomic E-state index is 12.2. The number of esters is 1. The molecule has 1 aromatic rings. The predicted octanol–water partition coefficient (Wildman–Crippen LogP) is 1.17. The van der Waals surface area contributed by atoms with Crippen molar-refractivity contribution in [2.75, 3.05) is 23.4 Å². The Balaban J connectivity index is 2.38. The van der Waals surface area contributed by atoms with Gasteiger partial charge in [0.2, 0.25) is 5.91 Å². The molecule has 1 atom stereocenters. The van der Waals surface area contributed by atoms with Crippen LogP contribution < -0.4 is 10.2 Å². The van der Waals surface area contributed by atoms with E-state index in [1.54, 1.807) is 38.1 Å². The molecular formula is C14H16N2O4. The highest BCUT2D eigenvalue weighted by Crippen LogP contribution is 2.29. The minimum Gasteiger partial charge on any atom is -0.459 e. The number of hydrogen-bond donors (Lipinski definition) is 1. The molecule has 6 nitrogen and oxygen atoms in total. The van der Waals surface area contributed by atoms with Crippen molar-refractivity contribution in [3.63, 3.8) is 0 Å². The van der Waals surface area contributed by atoms with Gasteiger partial charge in [-0.2, -0.15) is 0 Å². The summed E-state index contributed by atoms with van der Waals surface area (Å²) < 4.78 is 4.74. The highest BCUT2D eigenvalue weighted by molar-refractivity contribution is 6.38. The van der Waals surface area contributed by atoms with E-state index in [4.69, 9.17) is 4.74 Å². The van der Waals surface area contributed by atoms with E-state index >= 15 is 0 Å². The molecule has 1 aromatic carbocycles. The second-order valence-electron chi connectivity index (χ2n) is 4.54. The fourth-order valence-electron chi connectivity index (χ4n) is 2.02. The number of hydrogen-bond acceptors (Lipinski definition) is 4. The van der Waals surface area contributed by atoms with Crippen LogP contribution >= 0.6 is 0 Å². The number of fused-ring (bicyclic) bond motifs is 1. The summed E-state index contributed by atoms with van der Waals surface area (Å²) in [6.45, 7) is 3.61. The molecule has 1 unspecified atom stereocenters. The van der Waals surface area contributed by atoms with Crippen LogP contribution in [-0.2, 0) is 19.1 Å². The lowest BCUT2D eigenvalue weighted by atomic mass is 10.1. The summed E-state index contributed by atoms with van der Waals surface area (Å²) in [5.41, 5.74) is 1.02. The van der Waals surface area contributed by atoms with E-state index < -0.39 is 17.8 Å². The fourth-order valence-corrected chi connectivity index (χ4v) is 2.02. The van der Waals surface area contributed by atoms with Crippen LogP contribution in [0, 0.1) is 5.92 Å². The number of carbonyl (C=O) groups is 3. The van der Waals surface area contributed by atoms with Crippen molar-refractivity contribution in [1.29, 1.82) is 0 Å². The minimum atomic E-state index is -0.913. The van der Waals surface area contributed by atoms with E-state index in [2.05, 4.69) is 5.32 Å². The van der Waals surface area contributed by atoms with Crippen LogP contribution in [0.1, 0.15) is 13.8 Å². The lowest BCUT2D eigenvalue weighted by Crippen LogP contribution is -2.40. The van der Waals surface area contributed by atoms with E-state index in [1.807, 2.05) is 0 Å². The number of amides is 2. The van der Waals surface area contributed by atoms with Crippen molar-refractivity contribution in [2.45, 2.75) is 13.8 Å². The molecule has 0 aromatic heterocycles. The topological polar surface area (TPSA) is 75.7 Å². The molecule has 2 rings (SSSR count). The number of nitrogens with one attached hydrogen (secondary N) is 1. The van der Waals surface area contributed by atoms with Crippen LogP contribution in [0.3, 0.4) is 0 Å². The maximum atomic E-state index is 12.2. The number of carbonyl (C=O) groups excluding carboxylic acids is 3. The van der Waals surface area contributed by atoms with Crippen molar-refractivity contribution in [3.05, 3.63) is 24.3 Å². The zero-order chi connectivity index (χ0) is 14.7. The first-order chi connectivity index (χ1) is 9.54. The molecule has 106 valence electrons. The lowest BCUT2D eigenvalue weighted by Gasteiger charge is -2.22. The number of anilines is 2. The molecule has 6 heteroatoms. The third kappa shape index (κ3) is 2.64. The zero-order valence-electron chi connectivity index (χ0n) is 11.4. The van der Waals surface area contributed by atoms with E-state index in [1.165, 1.54) is 4.90 Å². The Labute approximate surface area is 116 Å². The first kappa shape index (κ1) is 14.0. The van der Waals surface area contributed by atoms with Gasteiger partial charge in [0.25, 0.3) is 0 Å². The largest absolute Gasteiger partial charge is 0.459 e. The van der Waals surface area contributed by atoms with Gasteiger partial charge in [-0.3, -0.25) is 14.5 Å². The van der Waals surface area contributed by atoms with E-state index in [0.29, 0.717) is 11.4 Å². The van der Waals surface area contributed by atoms with E-state index in [-0.39, 0.29) is 19.1 Å². The summed E-state index contributed by atoms with van der Waals surface area (Å²) >= 11 is 0. The van der Waals surface area contributed by atoms with Gasteiger partial charge >= 0.3 is 11.9 Å². The molecule has 0 aliphatic carbocycles. The second kappa shape index (κ2) is 5.73. The SMILES string of the molecule is CCOC(=O)C(=O)N1CC(C)C(=O)Nc2ccccc21. The van der Waals surface area contributed by atoms with Crippen molar-refractivity contribution in [3.8, 4) is 0 Å². The Morgan fingerprint density at radius 1 is 1.40 bits per heavy atom. The molecule has 0 saturated heterocycles. The van der Waals surface area contributed by atoms with Gasteiger partial charge in [0.1, 0.15) is 0 Å². The first-order valence-electron chi connectivity index (χ1n) is 6.43. The van der Waals surface area contributed by atoms with Crippen LogP contribution in [0.4, 0.5) is 11.4 Å². The Morgan fingerprint density at radius 3 is 2.80 bits per heavy atom. The molecule has 0 saturated carbocycles. The first-order valence-corrected chi connectivity index (χ1v) is 6.43. The molecule has 1 aliphatic rings. The molecule has 0 fully saturated rings. The normalized spacial score (nSPS) is 17.8. The summed E-state index contributed by atoms with van der Waals surface area (Å²) in [5.74, 6) is -2.27. The predicted molar refractivity (Wildman–Crippen MR) is 73.2 cm³/mol. The average molecular weight is 276 g/mol. The van der Waals surface area contributed by atoms with Gasteiger partial charge in [-0.25, -0.2) is 4.79 Å². The molecule has 1 heterocycles. The van der Waals surface area contributed by atoms with Crippen LogP contribution in [0.2, 0.25) is 0 Å². The zero-order valence-corrected chi connectivity index (χ0v) is 11.4. The quantitative estimate of drug-likeness (QED) is 0.617. The number of benzene rings is 1. The fraction of sp³-hybridized carbons (Fsp3) is 0.357. The van der Waals surface area contributed by atoms with Crippen molar-refractivity contribution in [2.24, 2.45) is 5.92 Å².